The minimum atomic E-state index is -0.599. The first-order valence-corrected chi connectivity index (χ1v) is 4.51. The Morgan fingerprint density at radius 1 is 1.00 bits per heavy atom. The van der Waals surface area contributed by atoms with E-state index in [1.54, 1.807) is 0 Å². The molecule has 0 spiro atoms. The smallest absolute Gasteiger partial charge is 0.284 e. The van der Waals surface area contributed by atoms with Gasteiger partial charge in [-0.3, -0.25) is 10.2 Å². The minimum absolute atomic E-state index is 0.522. The second-order valence-corrected chi connectivity index (χ2v) is 3.27. The van der Waals surface area contributed by atoms with E-state index >= 15 is 0 Å². The van der Waals surface area contributed by atoms with E-state index in [1.165, 1.54) is 0 Å². The van der Waals surface area contributed by atoms with Crippen LogP contribution in [0.3, 0.4) is 0 Å². The van der Waals surface area contributed by atoms with E-state index in [2.05, 4.69) is 10.2 Å². The fourth-order valence-corrected chi connectivity index (χ4v) is 1.60. The molecule has 1 amide bonds. The van der Waals surface area contributed by atoms with E-state index in [-0.39, 0.29) is 0 Å². The molecule has 4 nitrogen and oxygen atoms in total. The summed E-state index contributed by atoms with van der Waals surface area (Å²) in [6.07, 6.45) is -0.599. The molecule has 15 heavy (non-hydrogen) atoms. The molecule has 3 rings (SSSR count). The van der Waals surface area contributed by atoms with Gasteiger partial charge in [0.15, 0.2) is 0 Å². The molecule has 2 aromatic carbocycles. The summed E-state index contributed by atoms with van der Waals surface area (Å²) >= 11 is 0. The van der Waals surface area contributed by atoms with Crippen molar-refractivity contribution in [3.8, 4) is 5.75 Å². The zero-order valence-corrected chi connectivity index (χ0v) is 7.69. The molecule has 0 bridgehead atoms. The van der Waals surface area contributed by atoms with Crippen LogP contribution in [0.4, 0.5) is 10.5 Å². The Hall–Kier alpha value is -2.23. The third-order valence-electron chi connectivity index (χ3n) is 2.29. The van der Waals surface area contributed by atoms with Crippen molar-refractivity contribution in [2.75, 3.05) is 5.32 Å². The lowest BCUT2D eigenvalue weighted by Gasteiger charge is -2.16. The molecule has 0 aromatic heterocycles. The average Bonchev–Trinajstić information content (AvgIpc) is 2.26. The van der Waals surface area contributed by atoms with Gasteiger partial charge in [0.2, 0.25) is 5.75 Å². The first-order valence-electron chi connectivity index (χ1n) is 4.51. The highest BCUT2D eigenvalue weighted by Crippen LogP contribution is 2.32. The van der Waals surface area contributed by atoms with Gasteiger partial charge in [0.25, 0.3) is 0 Å². The zero-order chi connectivity index (χ0) is 10.3. The van der Waals surface area contributed by atoms with Gasteiger partial charge in [-0.15, -0.1) is 0 Å². The third kappa shape index (κ3) is 1.27. The van der Waals surface area contributed by atoms with Crippen LogP contribution in [0.5, 0.6) is 5.75 Å². The van der Waals surface area contributed by atoms with Crippen LogP contribution >= 0.6 is 0 Å². The van der Waals surface area contributed by atoms with Crippen molar-refractivity contribution in [2.24, 2.45) is 0 Å². The van der Waals surface area contributed by atoms with Crippen molar-refractivity contribution in [2.45, 2.75) is 0 Å². The number of rotatable bonds is 0. The van der Waals surface area contributed by atoms with Gasteiger partial charge in [-0.1, -0.05) is 24.3 Å². The summed E-state index contributed by atoms with van der Waals surface area (Å²) < 4.78 is 0. The summed E-state index contributed by atoms with van der Waals surface area (Å²) in [7, 11) is 0. The lowest BCUT2D eigenvalue weighted by Crippen LogP contribution is -2.21. The molecule has 74 valence electrons. The maximum atomic E-state index is 10.9. The number of hydrogen-bond acceptors (Lipinski definition) is 3. The molecule has 1 N–H and O–H groups in total. The van der Waals surface area contributed by atoms with Gasteiger partial charge >= 0.3 is 6.09 Å². The minimum Gasteiger partial charge on any atom is -0.284 e. The fraction of sp³-hybridized carbons (Fsp3) is 0. The highest BCUT2D eigenvalue weighted by atomic mass is 17.2. The summed E-state index contributed by atoms with van der Waals surface area (Å²) in [5, 5.41) is 4.65. The molecule has 2 aromatic rings. The third-order valence-corrected chi connectivity index (χ3v) is 2.29. The number of carbonyl (C=O) groups excluding carboxylic acids is 1. The number of fused-ring (bicyclic) bond motifs is 2. The molecular formula is C11H7NO3. The number of benzene rings is 2. The van der Waals surface area contributed by atoms with Crippen LogP contribution in [0.2, 0.25) is 0 Å². The first kappa shape index (κ1) is 8.11. The van der Waals surface area contributed by atoms with Crippen molar-refractivity contribution >= 4 is 22.6 Å². The van der Waals surface area contributed by atoms with Crippen molar-refractivity contribution in [3.05, 3.63) is 36.4 Å². The fourth-order valence-electron chi connectivity index (χ4n) is 1.60. The second-order valence-electron chi connectivity index (χ2n) is 3.27. The second kappa shape index (κ2) is 2.88. The van der Waals surface area contributed by atoms with Gasteiger partial charge in [-0.2, -0.15) is 0 Å². The number of anilines is 1. The molecule has 0 saturated carbocycles. The Bertz CT molecular complexity index is 551. The monoisotopic (exact) mass is 201 g/mol. The quantitative estimate of drug-likeness (QED) is 0.666. The van der Waals surface area contributed by atoms with E-state index < -0.39 is 6.09 Å². The summed E-state index contributed by atoms with van der Waals surface area (Å²) in [4.78, 5) is 20.1. The summed E-state index contributed by atoms with van der Waals surface area (Å²) in [5.74, 6) is 0.522. The van der Waals surface area contributed by atoms with Crippen LogP contribution in [0.25, 0.3) is 10.8 Å². The standard InChI is InChI=1S/C11H7NO3/c13-11-12-9-5-7-3-1-2-4-8(7)6-10(9)14-15-11/h1-6H,(H,12,13). The largest absolute Gasteiger partial charge is 0.454 e. The van der Waals surface area contributed by atoms with Crippen molar-refractivity contribution in [3.63, 3.8) is 0 Å². The molecule has 0 radical (unpaired) electrons. The van der Waals surface area contributed by atoms with Crippen molar-refractivity contribution in [1.82, 2.24) is 0 Å². The predicted molar refractivity (Wildman–Crippen MR) is 54.7 cm³/mol. The summed E-state index contributed by atoms with van der Waals surface area (Å²) in [5.41, 5.74) is 0.630. The van der Waals surface area contributed by atoms with Crippen LogP contribution in [0, 0.1) is 0 Å². The molecule has 0 aliphatic carbocycles. The van der Waals surface area contributed by atoms with E-state index in [9.17, 15) is 4.79 Å². The van der Waals surface area contributed by atoms with Gasteiger partial charge in [0, 0.05) is 0 Å². The van der Waals surface area contributed by atoms with E-state index in [4.69, 9.17) is 4.89 Å². The maximum absolute atomic E-state index is 10.9. The molecule has 0 saturated heterocycles. The maximum Gasteiger partial charge on any atom is 0.454 e. The summed E-state index contributed by atoms with van der Waals surface area (Å²) in [6, 6.07) is 11.5. The topological polar surface area (TPSA) is 47.6 Å². The number of carbonyl (C=O) groups is 1. The molecule has 0 atom stereocenters. The van der Waals surface area contributed by atoms with Crippen LogP contribution < -0.4 is 10.2 Å². The normalized spacial score (nSPS) is 13.7. The molecule has 0 unspecified atom stereocenters. The number of amides is 1. The number of hydrogen-bond donors (Lipinski definition) is 1. The highest BCUT2D eigenvalue weighted by molar-refractivity contribution is 5.95. The Balaban J connectivity index is 2.24. The number of nitrogens with one attached hydrogen (secondary N) is 1. The molecule has 4 heteroatoms. The lowest BCUT2D eigenvalue weighted by molar-refractivity contribution is -0.140. The van der Waals surface area contributed by atoms with Crippen molar-refractivity contribution < 1.29 is 14.6 Å². The molecule has 1 aliphatic heterocycles. The molecule has 0 fully saturated rings. The zero-order valence-electron chi connectivity index (χ0n) is 7.69. The Morgan fingerprint density at radius 3 is 2.53 bits per heavy atom. The van der Waals surface area contributed by atoms with Gasteiger partial charge in [-0.05, 0) is 22.9 Å². The molecule has 1 heterocycles. The molecular weight excluding hydrogens is 194 g/mol. The Kier molecular flexibility index (Phi) is 1.56. The Labute approximate surface area is 85.3 Å². The van der Waals surface area contributed by atoms with Crippen molar-refractivity contribution in [1.29, 1.82) is 0 Å². The van der Waals surface area contributed by atoms with Crippen LogP contribution in [-0.4, -0.2) is 6.09 Å². The Morgan fingerprint density at radius 2 is 1.73 bits per heavy atom. The van der Waals surface area contributed by atoms with Gasteiger partial charge < -0.3 is 0 Å². The lowest BCUT2D eigenvalue weighted by atomic mass is 10.1. The van der Waals surface area contributed by atoms with E-state index in [0.29, 0.717) is 11.4 Å². The van der Waals surface area contributed by atoms with E-state index in [1.807, 2.05) is 36.4 Å². The van der Waals surface area contributed by atoms with Gasteiger partial charge in [0.1, 0.15) is 0 Å². The SMILES string of the molecule is O=C1Nc2cc3ccccc3cc2OO1. The first-order chi connectivity index (χ1) is 7.33. The summed E-state index contributed by atoms with van der Waals surface area (Å²) in [6.45, 7) is 0. The van der Waals surface area contributed by atoms with Crippen LogP contribution in [0.1, 0.15) is 0 Å². The van der Waals surface area contributed by atoms with E-state index in [0.717, 1.165) is 10.8 Å². The van der Waals surface area contributed by atoms with Gasteiger partial charge in [-0.25, -0.2) is 9.68 Å². The van der Waals surface area contributed by atoms with Crippen LogP contribution in [0.15, 0.2) is 36.4 Å². The molecule has 1 aliphatic rings. The highest BCUT2D eigenvalue weighted by Gasteiger charge is 2.18. The van der Waals surface area contributed by atoms with Gasteiger partial charge in [0.05, 0.1) is 5.69 Å². The average molecular weight is 201 g/mol. The predicted octanol–water partition coefficient (Wildman–Crippen LogP) is 2.70. The van der Waals surface area contributed by atoms with Crippen LogP contribution in [-0.2, 0) is 4.89 Å².